The maximum Gasteiger partial charge on any atom is 0.472 e. The largest absolute Gasteiger partial charge is 0.472 e. The van der Waals surface area contributed by atoms with Crippen LogP contribution >= 0.6 is 15.6 Å². The maximum atomic E-state index is 13.1. The number of carbonyl (C=O) groups excluding carboxylic acids is 4. The third-order valence-electron chi connectivity index (χ3n) is 17.8. The fourth-order valence-corrected chi connectivity index (χ4v) is 13.0. The lowest BCUT2D eigenvalue weighted by molar-refractivity contribution is -0.161. The van der Waals surface area contributed by atoms with Crippen molar-refractivity contribution in [1.29, 1.82) is 0 Å². The van der Waals surface area contributed by atoms with Crippen molar-refractivity contribution in [3.05, 3.63) is 0 Å². The normalized spacial score (nSPS) is 14.3. The quantitative estimate of drug-likeness (QED) is 0.0222. The van der Waals surface area contributed by atoms with Gasteiger partial charge in [0.25, 0.3) is 0 Å². The molecule has 0 saturated carbocycles. The first kappa shape index (κ1) is 92.1. The molecule has 3 unspecified atom stereocenters. The molecule has 3 N–H and O–H groups in total. The number of phosphoric ester groups is 2. The van der Waals surface area contributed by atoms with Gasteiger partial charge in [0.2, 0.25) is 0 Å². The summed E-state index contributed by atoms with van der Waals surface area (Å²) in [6.07, 6.45) is 54.0. The number of ether oxygens (including phenoxy) is 4. The molecule has 0 saturated heterocycles. The van der Waals surface area contributed by atoms with Gasteiger partial charge in [0.1, 0.15) is 19.3 Å². The highest BCUT2D eigenvalue weighted by Crippen LogP contribution is 2.45. The molecule has 0 fully saturated rings. The number of aliphatic hydroxyl groups excluding tert-OH is 1. The van der Waals surface area contributed by atoms with Gasteiger partial charge < -0.3 is 33.8 Å². The Bertz CT molecular complexity index is 1820. The summed E-state index contributed by atoms with van der Waals surface area (Å²) in [5, 5.41) is 10.6. The van der Waals surface area contributed by atoms with Crippen LogP contribution in [-0.2, 0) is 65.4 Å². The van der Waals surface area contributed by atoms with Crippen LogP contribution in [0.2, 0.25) is 0 Å². The number of aliphatic hydroxyl groups is 1. The molecule has 6 atom stereocenters. The zero-order valence-electron chi connectivity index (χ0n) is 61.3. The van der Waals surface area contributed by atoms with E-state index in [0.717, 1.165) is 102 Å². The van der Waals surface area contributed by atoms with E-state index in [0.29, 0.717) is 25.7 Å². The standard InChI is InChI=1S/C75H146O17P2/c1-7-10-12-14-16-18-20-22-24-26-28-30-32-41-47-53-59-74(79)91-70(63-85-72(77)57-51-45-39-31-29-27-25-23-21-19-17-15-13-11-8-2)65-89-93(81,82)87-61-69(76)62-88-94(83,84)90-66-71(64-86-73(78)58-52-46-40-35-33-37-43-49-55-67(4)5)92-75(80)60-54-48-42-36-34-38-44-50-56-68(6)9-3/h67-71,76H,7-66H2,1-6H3,(H,81,82)(H,83,84)/t68?,69-,70-,71-/m1/s1. The first-order valence-electron chi connectivity index (χ1n) is 39.0. The zero-order valence-corrected chi connectivity index (χ0v) is 63.1. The van der Waals surface area contributed by atoms with Crippen molar-refractivity contribution in [1.82, 2.24) is 0 Å². The van der Waals surface area contributed by atoms with Crippen molar-refractivity contribution in [3.8, 4) is 0 Å². The monoisotopic (exact) mass is 1380 g/mol. The van der Waals surface area contributed by atoms with E-state index in [1.807, 2.05) is 0 Å². The second-order valence-corrected chi connectivity index (χ2v) is 30.7. The maximum absolute atomic E-state index is 13.1. The van der Waals surface area contributed by atoms with Gasteiger partial charge in [0, 0.05) is 25.7 Å². The van der Waals surface area contributed by atoms with Crippen molar-refractivity contribution in [2.45, 2.75) is 407 Å². The fourth-order valence-electron chi connectivity index (χ4n) is 11.4. The number of carbonyl (C=O) groups is 4. The van der Waals surface area contributed by atoms with Crippen molar-refractivity contribution in [3.63, 3.8) is 0 Å². The van der Waals surface area contributed by atoms with Crippen molar-refractivity contribution < 1.29 is 80.2 Å². The Hall–Kier alpha value is -1.94. The lowest BCUT2D eigenvalue weighted by Gasteiger charge is -2.21. The van der Waals surface area contributed by atoms with Gasteiger partial charge in [-0.1, -0.05) is 337 Å². The van der Waals surface area contributed by atoms with Crippen LogP contribution in [0.5, 0.6) is 0 Å². The van der Waals surface area contributed by atoms with Crippen molar-refractivity contribution in [2.75, 3.05) is 39.6 Å². The summed E-state index contributed by atoms with van der Waals surface area (Å²) in [5.41, 5.74) is 0. The van der Waals surface area contributed by atoms with Crippen molar-refractivity contribution >= 4 is 39.5 Å². The number of hydrogen-bond acceptors (Lipinski definition) is 15. The highest BCUT2D eigenvalue weighted by molar-refractivity contribution is 7.47. The van der Waals surface area contributed by atoms with Gasteiger partial charge >= 0.3 is 39.5 Å². The predicted molar refractivity (Wildman–Crippen MR) is 381 cm³/mol. The minimum absolute atomic E-state index is 0.105. The summed E-state index contributed by atoms with van der Waals surface area (Å²) in [4.78, 5) is 72.8. The van der Waals surface area contributed by atoms with Crippen LogP contribution < -0.4 is 0 Å². The number of phosphoric acid groups is 2. The molecule has 558 valence electrons. The first-order valence-corrected chi connectivity index (χ1v) is 42.0. The van der Waals surface area contributed by atoms with Crippen LogP contribution in [0.15, 0.2) is 0 Å². The first-order chi connectivity index (χ1) is 45.4. The highest BCUT2D eigenvalue weighted by atomic mass is 31.2. The van der Waals surface area contributed by atoms with Crippen LogP contribution in [0.3, 0.4) is 0 Å². The van der Waals surface area contributed by atoms with E-state index < -0.39 is 97.5 Å². The minimum atomic E-state index is -4.96. The Labute approximate surface area is 575 Å². The van der Waals surface area contributed by atoms with Gasteiger partial charge in [-0.2, -0.15) is 0 Å². The second kappa shape index (κ2) is 66.9. The SMILES string of the molecule is CCCCCCCCCCCCCCCCCCC(=O)O[C@H](COC(=O)CCCCCCCCCCCCCCCCC)COP(=O)(O)OC[C@@H](O)COP(=O)(O)OC[C@@H](COC(=O)CCCCCCCCCCC(C)C)OC(=O)CCCCCCCCCCC(C)CC. The van der Waals surface area contributed by atoms with Crippen molar-refractivity contribution in [2.24, 2.45) is 11.8 Å². The van der Waals surface area contributed by atoms with E-state index >= 15 is 0 Å². The topological polar surface area (TPSA) is 237 Å². The van der Waals surface area contributed by atoms with Gasteiger partial charge in [-0.15, -0.1) is 0 Å². The molecular formula is C75H146O17P2. The molecule has 0 aliphatic heterocycles. The third-order valence-corrected chi connectivity index (χ3v) is 19.7. The minimum Gasteiger partial charge on any atom is -0.462 e. The molecule has 0 radical (unpaired) electrons. The second-order valence-electron chi connectivity index (χ2n) is 27.8. The predicted octanol–water partition coefficient (Wildman–Crippen LogP) is 21.9. The number of esters is 4. The Morgan fingerprint density at radius 2 is 0.543 bits per heavy atom. The molecule has 94 heavy (non-hydrogen) atoms. The van der Waals surface area contributed by atoms with Gasteiger partial charge in [-0.3, -0.25) is 37.3 Å². The molecule has 0 bridgehead atoms. The average molecular weight is 1380 g/mol. The smallest absolute Gasteiger partial charge is 0.462 e. The van der Waals surface area contributed by atoms with Gasteiger partial charge in [0.15, 0.2) is 12.2 Å². The van der Waals surface area contributed by atoms with Gasteiger partial charge in [-0.25, -0.2) is 9.13 Å². The van der Waals surface area contributed by atoms with Gasteiger partial charge in [0.05, 0.1) is 26.4 Å². The molecule has 0 aromatic heterocycles. The Balaban J connectivity index is 5.26. The molecule has 0 rings (SSSR count). The van der Waals surface area contributed by atoms with Crippen LogP contribution in [-0.4, -0.2) is 96.7 Å². The molecule has 0 aliphatic rings. The summed E-state index contributed by atoms with van der Waals surface area (Å²) in [7, 11) is -9.91. The van der Waals surface area contributed by atoms with Crippen LogP contribution in [0.4, 0.5) is 0 Å². The fraction of sp³-hybridized carbons (Fsp3) is 0.947. The summed E-state index contributed by atoms with van der Waals surface area (Å²) >= 11 is 0. The van der Waals surface area contributed by atoms with E-state index in [9.17, 15) is 43.2 Å². The summed E-state index contributed by atoms with van der Waals surface area (Å²) < 4.78 is 68.5. The molecule has 19 heteroatoms. The lowest BCUT2D eigenvalue weighted by atomic mass is 9.99. The number of unbranched alkanes of at least 4 members (excludes halogenated alkanes) is 43. The zero-order chi connectivity index (χ0) is 69.3. The van der Waals surface area contributed by atoms with E-state index in [4.69, 9.17) is 37.0 Å². The average Bonchev–Trinajstić information content (AvgIpc) is 1.23. The molecule has 0 aromatic carbocycles. The highest BCUT2D eigenvalue weighted by Gasteiger charge is 2.30. The van der Waals surface area contributed by atoms with Gasteiger partial charge in [-0.05, 0) is 37.5 Å². The lowest BCUT2D eigenvalue weighted by Crippen LogP contribution is -2.30. The van der Waals surface area contributed by atoms with Crippen LogP contribution in [0.1, 0.15) is 388 Å². The van der Waals surface area contributed by atoms with Crippen LogP contribution in [0, 0.1) is 11.8 Å². The number of rotatable bonds is 74. The molecule has 0 aromatic rings. The Morgan fingerprint density at radius 1 is 0.309 bits per heavy atom. The van der Waals surface area contributed by atoms with E-state index in [-0.39, 0.29) is 25.7 Å². The number of hydrogen-bond donors (Lipinski definition) is 3. The summed E-state index contributed by atoms with van der Waals surface area (Å²) in [6.45, 7) is 9.56. The summed E-state index contributed by atoms with van der Waals surface area (Å²) in [6, 6.07) is 0. The Kier molecular flexibility index (Phi) is 65.5. The Morgan fingerprint density at radius 3 is 0.809 bits per heavy atom. The molecule has 0 heterocycles. The van der Waals surface area contributed by atoms with E-state index in [2.05, 4.69) is 41.5 Å². The molecule has 17 nitrogen and oxygen atoms in total. The molecule has 0 aliphatic carbocycles. The van der Waals surface area contributed by atoms with Crippen LogP contribution in [0.25, 0.3) is 0 Å². The third kappa shape index (κ3) is 67.3. The molecule has 0 spiro atoms. The van der Waals surface area contributed by atoms with E-state index in [1.165, 1.54) is 205 Å². The molecular weight excluding hydrogens is 1230 g/mol. The molecule has 0 amide bonds. The summed E-state index contributed by atoms with van der Waals surface area (Å²) in [5.74, 6) is -0.621. The van der Waals surface area contributed by atoms with E-state index in [1.54, 1.807) is 0 Å².